The van der Waals surface area contributed by atoms with Crippen molar-refractivity contribution < 1.29 is 4.79 Å². The van der Waals surface area contributed by atoms with Gasteiger partial charge in [-0.15, -0.1) is 0 Å². The summed E-state index contributed by atoms with van der Waals surface area (Å²) in [6, 6.07) is 0. The molecule has 0 saturated heterocycles. The molecule has 2 heterocycles. The van der Waals surface area contributed by atoms with Crippen LogP contribution in [0.1, 0.15) is 22.6 Å². The lowest BCUT2D eigenvalue weighted by Crippen LogP contribution is -2.26. The van der Waals surface area contributed by atoms with E-state index in [9.17, 15) is 4.79 Å². The summed E-state index contributed by atoms with van der Waals surface area (Å²) in [6.45, 7) is 3.21. The molecule has 102 valence electrons. The van der Waals surface area contributed by atoms with Crippen LogP contribution in [0, 0.1) is 6.92 Å². The van der Waals surface area contributed by atoms with Gasteiger partial charge in [-0.1, -0.05) is 11.6 Å². The van der Waals surface area contributed by atoms with Crippen molar-refractivity contribution in [3.05, 3.63) is 35.1 Å². The summed E-state index contributed by atoms with van der Waals surface area (Å²) in [7, 11) is 1.76. The van der Waals surface area contributed by atoms with Gasteiger partial charge in [0.1, 0.15) is 0 Å². The number of nitrogens with zero attached hydrogens (tertiary/aromatic N) is 4. The molecule has 0 unspecified atom stereocenters. The molecule has 0 aliphatic heterocycles. The molecule has 0 radical (unpaired) electrons. The second kappa shape index (κ2) is 5.88. The van der Waals surface area contributed by atoms with Crippen molar-refractivity contribution in [3.63, 3.8) is 0 Å². The van der Waals surface area contributed by atoms with Gasteiger partial charge in [-0.25, -0.2) is 4.98 Å². The van der Waals surface area contributed by atoms with Crippen molar-refractivity contribution in [1.82, 2.24) is 24.6 Å². The maximum atomic E-state index is 11.9. The van der Waals surface area contributed by atoms with Crippen molar-refractivity contribution in [1.29, 1.82) is 0 Å². The van der Waals surface area contributed by atoms with Crippen LogP contribution in [0.25, 0.3) is 0 Å². The Morgan fingerprint density at radius 3 is 2.89 bits per heavy atom. The highest BCUT2D eigenvalue weighted by Gasteiger charge is 2.17. The van der Waals surface area contributed by atoms with Crippen LogP contribution in [0.5, 0.6) is 0 Å². The largest absolute Gasteiger partial charge is 0.351 e. The molecule has 0 fully saturated rings. The van der Waals surface area contributed by atoms with Crippen molar-refractivity contribution in [2.24, 2.45) is 7.05 Å². The number of carbonyl (C=O) groups is 1. The molecule has 6 nitrogen and oxygen atoms in total. The van der Waals surface area contributed by atoms with E-state index in [0.29, 0.717) is 11.6 Å². The quantitative estimate of drug-likeness (QED) is 0.843. The van der Waals surface area contributed by atoms with E-state index >= 15 is 0 Å². The van der Waals surface area contributed by atoms with Crippen LogP contribution in [-0.4, -0.2) is 31.8 Å². The predicted molar refractivity (Wildman–Crippen MR) is 72.1 cm³/mol. The van der Waals surface area contributed by atoms with Crippen molar-refractivity contribution in [2.75, 3.05) is 6.54 Å². The zero-order valence-electron chi connectivity index (χ0n) is 10.9. The van der Waals surface area contributed by atoms with Gasteiger partial charge in [-0.05, 0) is 13.3 Å². The molecule has 0 saturated carbocycles. The highest BCUT2D eigenvalue weighted by atomic mass is 35.5. The summed E-state index contributed by atoms with van der Waals surface area (Å²) in [5, 5.41) is 7.32. The number of nitrogens with one attached hydrogen (secondary N) is 1. The number of rotatable bonds is 5. The van der Waals surface area contributed by atoms with Gasteiger partial charge in [-0.3, -0.25) is 9.48 Å². The fourth-order valence-corrected chi connectivity index (χ4v) is 1.94. The third kappa shape index (κ3) is 3.14. The van der Waals surface area contributed by atoms with Crippen LogP contribution in [0.3, 0.4) is 0 Å². The van der Waals surface area contributed by atoms with E-state index in [1.807, 2.05) is 17.7 Å². The van der Waals surface area contributed by atoms with Crippen molar-refractivity contribution in [3.8, 4) is 0 Å². The van der Waals surface area contributed by atoms with Gasteiger partial charge in [0.25, 0.3) is 5.91 Å². The number of aromatic nitrogens is 4. The van der Waals surface area contributed by atoms with E-state index < -0.39 is 0 Å². The van der Waals surface area contributed by atoms with Gasteiger partial charge in [0.2, 0.25) is 0 Å². The summed E-state index contributed by atoms with van der Waals surface area (Å²) in [5.41, 5.74) is 1.06. The lowest BCUT2D eigenvalue weighted by molar-refractivity contribution is 0.0947. The number of imidazole rings is 1. The monoisotopic (exact) mass is 281 g/mol. The Hall–Kier alpha value is -1.82. The molecule has 2 rings (SSSR count). The Morgan fingerprint density at radius 1 is 1.53 bits per heavy atom. The number of aryl methyl sites for hydroxylation is 2. The average Bonchev–Trinajstić information content (AvgIpc) is 2.99. The Bertz CT molecular complexity index is 561. The second-order valence-corrected chi connectivity index (χ2v) is 4.66. The summed E-state index contributed by atoms with van der Waals surface area (Å²) in [4.78, 5) is 15.9. The molecule has 0 bridgehead atoms. The standard InChI is InChI=1S/C12H16ClN5O/c1-9-10(13)11(16-17(9)2)12(19)15-4-3-6-18-7-5-14-8-18/h5,7-8H,3-4,6H2,1-2H3,(H,15,19). The maximum absolute atomic E-state index is 11.9. The molecule has 7 heteroatoms. The zero-order valence-corrected chi connectivity index (χ0v) is 11.7. The van der Waals surface area contributed by atoms with E-state index in [1.165, 1.54) is 0 Å². The van der Waals surface area contributed by atoms with Crippen LogP contribution in [0.15, 0.2) is 18.7 Å². The molecule has 1 N–H and O–H groups in total. The van der Waals surface area contributed by atoms with Crippen molar-refractivity contribution >= 4 is 17.5 Å². The minimum atomic E-state index is -0.237. The first-order chi connectivity index (χ1) is 9.09. The molecule has 0 aliphatic rings. The SMILES string of the molecule is Cc1c(Cl)c(C(=O)NCCCn2ccnc2)nn1C. The number of amides is 1. The Labute approximate surface area is 116 Å². The second-order valence-electron chi connectivity index (χ2n) is 4.28. The van der Waals surface area contributed by atoms with Gasteiger partial charge in [0, 0.05) is 32.5 Å². The highest BCUT2D eigenvalue weighted by Crippen LogP contribution is 2.18. The van der Waals surface area contributed by atoms with E-state index in [4.69, 9.17) is 11.6 Å². The molecule has 0 spiro atoms. The molecule has 19 heavy (non-hydrogen) atoms. The number of hydrogen-bond acceptors (Lipinski definition) is 3. The number of carbonyl (C=O) groups excluding carboxylic acids is 1. The number of hydrogen-bond donors (Lipinski definition) is 1. The fraction of sp³-hybridized carbons (Fsp3) is 0.417. The topological polar surface area (TPSA) is 64.7 Å². The first-order valence-electron chi connectivity index (χ1n) is 6.02. The Morgan fingerprint density at radius 2 is 2.32 bits per heavy atom. The molecule has 0 aliphatic carbocycles. The molecule has 2 aromatic rings. The Kier molecular flexibility index (Phi) is 4.21. The van der Waals surface area contributed by atoms with Crippen LogP contribution in [0.2, 0.25) is 5.02 Å². The van der Waals surface area contributed by atoms with Gasteiger partial charge in [-0.2, -0.15) is 5.10 Å². The van der Waals surface area contributed by atoms with Crippen molar-refractivity contribution in [2.45, 2.75) is 19.9 Å². The smallest absolute Gasteiger partial charge is 0.273 e. The third-order valence-corrected chi connectivity index (χ3v) is 3.37. The molecule has 1 amide bonds. The van der Waals surface area contributed by atoms with Gasteiger partial charge in [0.15, 0.2) is 5.69 Å². The maximum Gasteiger partial charge on any atom is 0.273 e. The van der Waals surface area contributed by atoms with E-state index in [2.05, 4.69) is 15.4 Å². The number of halogens is 1. The van der Waals surface area contributed by atoms with E-state index in [1.54, 1.807) is 24.3 Å². The van der Waals surface area contributed by atoms with Crippen LogP contribution >= 0.6 is 11.6 Å². The zero-order chi connectivity index (χ0) is 13.8. The summed E-state index contributed by atoms with van der Waals surface area (Å²) >= 11 is 6.05. The van der Waals surface area contributed by atoms with Gasteiger partial charge in [0.05, 0.1) is 17.0 Å². The first kappa shape index (κ1) is 13.6. The van der Waals surface area contributed by atoms with Gasteiger partial charge >= 0.3 is 0 Å². The fourth-order valence-electron chi connectivity index (χ4n) is 1.69. The predicted octanol–water partition coefficient (Wildman–Crippen LogP) is 1.40. The Balaban J connectivity index is 1.82. The summed E-state index contributed by atoms with van der Waals surface area (Å²) in [5.74, 6) is -0.237. The molecular weight excluding hydrogens is 266 g/mol. The summed E-state index contributed by atoms with van der Waals surface area (Å²) in [6.07, 6.45) is 6.20. The minimum absolute atomic E-state index is 0.237. The average molecular weight is 282 g/mol. The van der Waals surface area contributed by atoms with Crippen LogP contribution < -0.4 is 5.32 Å². The molecule has 0 atom stereocenters. The van der Waals surface area contributed by atoms with Crippen LogP contribution in [0.4, 0.5) is 0 Å². The summed E-state index contributed by atoms with van der Waals surface area (Å²) < 4.78 is 3.56. The minimum Gasteiger partial charge on any atom is -0.351 e. The van der Waals surface area contributed by atoms with E-state index in [0.717, 1.165) is 18.7 Å². The van der Waals surface area contributed by atoms with Crippen LogP contribution in [-0.2, 0) is 13.6 Å². The lowest BCUT2D eigenvalue weighted by Gasteiger charge is -2.04. The molecular formula is C12H16ClN5O. The highest BCUT2D eigenvalue weighted by molar-refractivity contribution is 6.34. The normalized spacial score (nSPS) is 10.7. The van der Waals surface area contributed by atoms with E-state index in [-0.39, 0.29) is 11.6 Å². The molecule has 2 aromatic heterocycles. The van der Waals surface area contributed by atoms with Gasteiger partial charge < -0.3 is 9.88 Å². The molecule has 0 aromatic carbocycles. The first-order valence-corrected chi connectivity index (χ1v) is 6.40. The third-order valence-electron chi connectivity index (χ3n) is 2.91. The lowest BCUT2D eigenvalue weighted by atomic mass is 10.3.